The maximum absolute atomic E-state index is 13.9. The van der Waals surface area contributed by atoms with Crippen molar-refractivity contribution >= 4 is 28.6 Å². The average Bonchev–Trinajstić information content (AvgIpc) is 2.65. The molecule has 0 fully saturated rings. The Balaban J connectivity index is 2.13. The normalized spacial score (nSPS) is 10.7. The lowest BCUT2D eigenvalue weighted by Crippen LogP contribution is -2.10. The third-order valence-electron chi connectivity index (χ3n) is 3.72. The fraction of sp³-hybridized carbons (Fsp3) is 0.158. The molecule has 128 valence electrons. The van der Waals surface area contributed by atoms with Gasteiger partial charge in [-0.15, -0.1) is 11.8 Å². The maximum Gasteiger partial charge on any atom is 0.344 e. The summed E-state index contributed by atoms with van der Waals surface area (Å²) in [6, 6.07) is 13.7. The van der Waals surface area contributed by atoms with E-state index in [2.05, 4.69) is 4.98 Å². The lowest BCUT2D eigenvalue weighted by atomic mass is 10.1. The standard InChI is InChI=1S/C19H16FNO3S/c1-23-19(22)16-17(24-11-12-7-3-5-9-14(12)20)13-8-4-6-10-15(13)21-18(16)25-2/h3-10H,11H2,1-2H3. The molecule has 4 nitrogen and oxygen atoms in total. The summed E-state index contributed by atoms with van der Waals surface area (Å²) in [5.41, 5.74) is 1.36. The topological polar surface area (TPSA) is 48.4 Å². The summed E-state index contributed by atoms with van der Waals surface area (Å²) >= 11 is 1.33. The van der Waals surface area contributed by atoms with Gasteiger partial charge in [-0.05, 0) is 24.5 Å². The number of ether oxygens (including phenoxy) is 2. The highest BCUT2D eigenvalue weighted by molar-refractivity contribution is 7.98. The summed E-state index contributed by atoms with van der Waals surface area (Å²) in [6.07, 6.45) is 1.82. The van der Waals surface area contributed by atoms with Gasteiger partial charge >= 0.3 is 5.97 Å². The minimum Gasteiger partial charge on any atom is -0.487 e. The Bertz CT molecular complexity index is 930. The van der Waals surface area contributed by atoms with Gasteiger partial charge in [-0.3, -0.25) is 0 Å². The van der Waals surface area contributed by atoms with Crippen LogP contribution in [0.15, 0.2) is 53.6 Å². The van der Waals surface area contributed by atoms with Crippen LogP contribution in [0.4, 0.5) is 4.39 Å². The van der Waals surface area contributed by atoms with Crippen LogP contribution in [0, 0.1) is 5.82 Å². The second-order valence-electron chi connectivity index (χ2n) is 5.21. The van der Waals surface area contributed by atoms with Crippen molar-refractivity contribution in [3.05, 3.63) is 65.5 Å². The Hall–Kier alpha value is -2.60. The Labute approximate surface area is 149 Å². The van der Waals surface area contributed by atoms with Gasteiger partial charge in [-0.1, -0.05) is 30.3 Å². The monoisotopic (exact) mass is 357 g/mol. The molecule has 1 heterocycles. The quantitative estimate of drug-likeness (QED) is 0.498. The summed E-state index contributed by atoms with van der Waals surface area (Å²) in [5.74, 6) is -0.540. The molecule has 25 heavy (non-hydrogen) atoms. The van der Waals surface area contributed by atoms with Gasteiger partial charge in [-0.2, -0.15) is 0 Å². The molecule has 0 aliphatic carbocycles. The third-order valence-corrected chi connectivity index (χ3v) is 4.41. The van der Waals surface area contributed by atoms with Crippen LogP contribution in [0.25, 0.3) is 10.9 Å². The molecule has 1 aromatic heterocycles. The van der Waals surface area contributed by atoms with Gasteiger partial charge in [0.25, 0.3) is 0 Å². The highest BCUT2D eigenvalue weighted by atomic mass is 32.2. The number of fused-ring (bicyclic) bond motifs is 1. The molecule has 3 rings (SSSR count). The first kappa shape index (κ1) is 17.2. The van der Waals surface area contributed by atoms with Gasteiger partial charge in [0.2, 0.25) is 0 Å². The molecule has 3 aromatic rings. The molecule has 0 amide bonds. The molecule has 6 heteroatoms. The van der Waals surface area contributed by atoms with E-state index in [1.165, 1.54) is 24.9 Å². The minimum atomic E-state index is -0.536. The number of carbonyl (C=O) groups excluding carboxylic acids is 1. The summed E-state index contributed by atoms with van der Waals surface area (Å²) in [6.45, 7) is -0.00149. The number of thioether (sulfide) groups is 1. The van der Waals surface area contributed by atoms with Crippen LogP contribution in [-0.2, 0) is 11.3 Å². The molecule has 0 aliphatic heterocycles. The minimum absolute atomic E-state index is 0.00149. The average molecular weight is 357 g/mol. The van der Waals surface area contributed by atoms with Crippen molar-refractivity contribution in [2.24, 2.45) is 0 Å². The van der Waals surface area contributed by atoms with Crippen molar-refractivity contribution in [1.29, 1.82) is 0 Å². The zero-order valence-electron chi connectivity index (χ0n) is 13.8. The molecule has 2 aromatic carbocycles. The summed E-state index contributed by atoms with van der Waals surface area (Å²) in [7, 11) is 1.31. The van der Waals surface area contributed by atoms with Crippen LogP contribution < -0.4 is 4.74 Å². The molecule has 0 saturated carbocycles. The van der Waals surface area contributed by atoms with Gasteiger partial charge in [0.05, 0.1) is 12.6 Å². The first-order valence-electron chi connectivity index (χ1n) is 7.57. The number of nitrogens with zero attached hydrogens (tertiary/aromatic N) is 1. The van der Waals surface area contributed by atoms with E-state index in [1.807, 2.05) is 30.5 Å². The van der Waals surface area contributed by atoms with E-state index in [1.54, 1.807) is 18.2 Å². The Kier molecular flexibility index (Phi) is 5.19. The number of benzene rings is 2. The van der Waals surface area contributed by atoms with Crippen LogP contribution in [0.5, 0.6) is 5.75 Å². The molecule has 0 bridgehead atoms. The van der Waals surface area contributed by atoms with Crippen LogP contribution in [0.1, 0.15) is 15.9 Å². The number of methoxy groups -OCH3 is 1. The molecule has 0 N–H and O–H groups in total. The number of hydrogen-bond donors (Lipinski definition) is 0. The van der Waals surface area contributed by atoms with Crippen molar-refractivity contribution in [3.63, 3.8) is 0 Å². The smallest absolute Gasteiger partial charge is 0.344 e. The summed E-state index contributed by atoms with van der Waals surface area (Å²) in [4.78, 5) is 16.8. The zero-order valence-corrected chi connectivity index (χ0v) is 14.6. The predicted octanol–water partition coefficient (Wildman–Crippen LogP) is 4.46. The first-order valence-corrected chi connectivity index (χ1v) is 8.79. The fourth-order valence-corrected chi connectivity index (χ4v) is 3.08. The second kappa shape index (κ2) is 7.53. The van der Waals surface area contributed by atoms with Gasteiger partial charge in [-0.25, -0.2) is 14.2 Å². The van der Waals surface area contributed by atoms with Crippen LogP contribution in [0.3, 0.4) is 0 Å². The van der Waals surface area contributed by atoms with Gasteiger partial charge < -0.3 is 9.47 Å². The number of esters is 1. The van der Waals surface area contributed by atoms with E-state index >= 15 is 0 Å². The molecule has 0 atom stereocenters. The van der Waals surface area contributed by atoms with Crippen molar-refractivity contribution in [3.8, 4) is 5.75 Å². The number of carbonyl (C=O) groups is 1. The van der Waals surface area contributed by atoms with Gasteiger partial charge in [0, 0.05) is 10.9 Å². The number of rotatable bonds is 5. The largest absolute Gasteiger partial charge is 0.487 e. The van der Waals surface area contributed by atoms with E-state index in [9.17, 15) is 9.18 Å². The van der Waals surface area contributed by atoms with E-state index in [-0.39, 0.29) is 18.0 Å². The number of para-hydroxylation sites is 1. The Morgan fingerprint density at radius 3 is 2.60 bits per heavy atom. The first-order chi connectivity index (χ1) is 12.2. The Morgan fingerprint density at radius 1 is 1.16 bits per heavy atom. The van der Waals surface area contributed by atoms with E-state index in [4.69, 9.17) is 9.47 Å². The maximum atomic E-state index is 13.9. The lowest BCUT2D eigenvalue weighted by molar-refractivity contribution is 0.0590. The fourth-order valence-electron chi connectivity index (χ4n) is 2.51. The highest BCUT2D eigenvalue weighted by Crippen LogP contribution is 2.35. The molecule has 0 saturated heterocycles. The molecule has 0 radical (unpaired) electrons. The second-order valence-corrected chi connectivity index (χ2v) is 6.01. The zero-order chi connectivity index (χ0) is 17.8. The van der Waals surface area contributed by atoms with E-state index in [0.29, 0.717) is 27.2 Å². The van der Waals surface area contributed by atoms with Crippen LogP contribution in [0.2, 0.25) is 0 Å². The number of hydrogen-bond acceptors (Lipinski definition) is 5. The van der Waals surface area contributed by atoms with Crippen molar-refractivity contribution in [2.75, 3.05) is 13.4 Å². The van der Waals surface area contributed by atoms with E-state index in [0.717, 1.165) is 0 Å². The molecule has 0 spiro atoms. The SMILES string of the molecule is COC(=O)c1c(SC)nc2ccccc2c1OCc1ccccc1F. The summed E-state index contributed by atoms with van der Waals surface area (Å²) < 4.78 is 24.7. The number of pyridine rings is 1. The summed E-state index contributed by atoms with van der Waals surface area (Å²) in [5, 5.41) is 1.19. The Morgan fingerprint density at radius 2 is 1.88 bits per heavy atom. The van der Waals surface area contributed by atoms with Crippen molar-refractivity contribution < 1.29 is 18.7 Å². The van der Waals surface area contributed by atoms with Crippen molar-refractivity contribution in [2.45, 2.75) is 11.6 Å². The molecular formula is C19H16FNO3S. The van der Waals surface area contributed by atoms with Crippen LogP contribution >= 0.6 is 11.8 Å². The molecule has 0 aliphatic rings. The number of aromatic nitrogens is 1. The third kappa shape index (κ3) is 3.44. The van der Waals surface area contributed by atoms with Crippen LogP contribution in [-0.4, -0.2) is 24.3 Å². The van der Waals surface area contributed by atoms with Gasteiger partial charge in [0.15, 0.2) is 0 Å². The molecular weight excluding hydrogens is 341 g/mol. The highest BCUT2D eigenvalue weighted by Gasteiger charge is 2.23. The van der Waals surface area contributed by atoms with Gasteiger partial charge in [0.1, 0.15) is 28.8 Å². The predicted molar refractivity (Wildman–Crippen MR) is 95.6 cm³/mol. The number of halogens is 1. The van der Waals surface area contributed by atoms with E-state index < -0.39 is 5.97 Å². The van der Waals surface area contributed by atoms with Crippen molar-refractivity contribution in [1.82, 2.24) is 4.98 Å². The lowest BCUT2D eigenvalue weighted by Gasteiger charge is -2.16. The molecule has 0 unspecified atom stereocenters.